The molecule has 0 amide bonds. The molecule has 14 nitrogen and oxygen atoms in total. The third-order valence-electron chi connectivity index (χ3n) is 10.7. The first-order chi connectivity index (χ1) is 30.1. The van der Waals surface area contributed by atoms with Crippen LogP contribution in [0.2, 0.25) is 0 Å². The SMILES string of the molecule is [B]c1c(O)c(O)c(-c2nc(-c3c([B])c(O)c(O)c(-c4cccc5c4sc4c(-c6ccccc6)cc(-c6ccccc6)cc45)c3O)nc(-c3c(O)c([B])c(O)c(O)c3O)n2)c(O)c1O. The largest absolute Gasteiger partial charge is 0.508 e. The number of benzene rings is 7. The molecular weight excluding hydrogens is 823 g/mol. The number of fused-ring (bicyclic) bond motifs is 3. The molecule has 6 radical (unpaired) electrons. The van der Waals surface area contributed by atoms with Gasteiger partial charge in [-0.15, -0.1) is 11.3 Å². The molecule has 0 aliphatic rings. The molecule has 9 rings (SSSR count). The zero-order valence-corrected chi connectivity index (χ0v) is 32.9. The van der Waals surface area contributed by atoms with Crippen molar-refractivity contribution in [2.75, 3.05) is 0 Å². The highest BCUT2D eigenvalue weighted by Gasteiger charge is 2.32. The Labute approximate surface area is 363 Å². The smallest absolute Gasteiger partial charge is 0.200 e. The van der Waals surface area contributed by atoms with E-state index in [0.717, 1.165) is 32.3 Å². The van der Waals surface area contributed by atoms with Crippen LogP contribution in [-0.4, -0.2) is 94.7 Å². The topological polar surface area (TPSA) is 261 Å². The van der Waals surface area contributed by atoms with Crippen LogP contribution in [0.3, 0.4) is 0 Å². The summed E-state index contributed by atoms with van der Waals surface area (Å²) in [4.78, 5) is 12.5. The fourth-order valence-corrected chi connectivity index (χ4v) is 8.84. The van der Waals surface area contributed by atoms with E-state index in [1.54, 1.807) is 12.1 Å². The van der Waals surface area contributed by atoms with Gasteiger partial charge in [-0.3, -0.25) is 0 Å². The Kier molecular flexibility index (Phi) is 9.40. The average molecular weight is 849 g/mol. The maximum absolute atomic E-state index is 12.3. The molecule has 2 aromatic heterocycles. The molecule has 0 spiro atoms. The van der Waals surface area contributed by atoms with Gasteiger partial charge in [-0.2, -0.15) is 0 Å². The minimum Gasteiger partial charge on any atom is -0.508 e. The van der Waals surface area contributed by atoms with Crippen molar-refractivity contribution in [3.63, 3.8) is 0 Å². The molecule has 0 aliphatic heterocycles. The normalized spacial score (nSPS) is 11.4. The lowest BCUT2D eigenvalue weighted by Crippen LogP contribution is -2.13. The van der Waals surface area contributed by atoms with Crippen molar-refractivity contribution in [3.8, 4) is 131 Å². The summed E-state index contributed by atoms with van der Waals surface area (Å²) in [6.07, 6.45) is 0. The summed E-state index contributed by atoms with van der Waals surface area (Å²) >= 11 is 1.35. The molecule has 302 valence electrons. The highest BCUT2D eigenvalue weighted by Crippen LogP contribution is 2.53. The van der Waals surface area contributed by atoms with E-state index >= 15 is 0 Å². The Balaban J connectivity index is 1.35. The number of aromatic nitrogens is 3. The maximum Gasteiger partial charge on any atom is 0.200 e. The number of hydrogen-bond donors (Lipinski definition) is 11. The first-order valence-electron chi connectivity index (χ1n) is 18.5. The van der Waals surface area contributed by atoms with E-state index in [0.29, 0.717) is 10.1 Å². The first kappa shape index (κ1) is 40.2. The summed E-state index contributed by atoms with van der Waals surface area (Å²) in [6, 6.07) is 28.7. The summed E-state index contributed by atoms with van der Waals surface area (Å²) in [5.74, 6) is -14.4. The number of phenols is 11. The molecule has 0 unspecified atom stereocenters. The van der Waals surface area contributed by atoms with Gasteiger partial charge in [0.1, 0.15) is 46.2 Å². The molecule has 0 saturated heterocycles. The number of rotatable bonds is 6. The molecule has 0 fully saturated rings. The predicted octanol–water partition coefficient (Wildman–Crippen LogP) is 5.38. The second kappa shape index (κ2) is 14.7. The van der Waals surface area contributed by atoms with Crippen molar-refractivity contribution in [2.24, 2.45) is 0 Å². The van der Waals surface area contributed by atoms with Crippen LogP contribution >= 0.6 is 11.3 Å². The highest BCUT2D eigenvalue weighted by molar-refractivity contribution is 7.27. The van der Waals surface area contributed by atoms with E-state index in [9.17, 15) is 56.2 Å². The molecule has 0 aliphatic carbocycles. The van der Waals surface area contributed by atoms with Gasteiger partial charge < -0.3 is 56.2 Å². The minimum atomic E-state index is -1.23. The van der Waals surface area contributed by atoms with Crippen molar-refractivity contribution >= 4 is 71.4 Å². The molecule has 0 bridgehead atoms. The van der Waals surface area contributed by atoms with Gasteiger partial charge in [0.15, 0.2) is 63.5 Å². The average Bonchev–Trinajstić information content (AvgIpc) is 3.68. The van der Waals surface area contributed by atoms with Gasteiger partial charge in [0.25, 0.3) is 0 Å². The maximum atomic E-state index is 12.3. The van der Waals surface area contributed by atoms with E-state index in [-0.39, 0.29) is 11.1 Å². The van der Waals surface area contributed by atoms with Crippen LogP contribution in [0.1, 0.15) is 0 Å². The van der Waals surface area contributed by atoms with Crippen LogP contribution in [0.5, 0.6) is 63.2 Å². The summed E-state index contributed by atoms with van der Waals surface area (Å²) in [6.45, 7) is 0. The Morgan fingerprint density at radius 3 is 1.40 bits per heavy atom. The molecule has 11 N–H and O–H groups in total. The molecule has 18 heteroatoms. The van der Waals surface area contributed by atoms with Crippen molar-refractivity contribution in [1.82, 2.24) is 15.0 Å². The van der Waals surface area contributed by atoms with Crippen LogP contribution in [-0.2, 0) is 0 Å². The number of hydrogen-bond acceptors (Lipinski definition) is 15. The quantitative estimate of drug-likeness (QED) is 0.0570. The van der Waals surface area contributed by atoms with Gasteiger partial charge in [-0.25, -0.2) is 15.0 Å². The molecule has 9 aromatic rings. The van der Waals surface area contributed by atoms with Crippen LogP contribution in [0, 0.1) is 0 Å². The molecule has 2 heterocycles. The molecule has 0 atom stereocenters. The number of phenolic OH excluding ortho intramolecular Hbond substituents is 11. The third-order valence-corrected chi connectivity index (χ3v) is 12.0. The van der Waals surface area contributed by atoms with Crippen LogP contribution in [0.4, 0.5) is 0 Å². The van der Waals surface area contributed by atoms with Crippen molar-refractivity contribution in [1.29, 1.82) is 0 Å². The van der Waals surface area contributed by atoms with Crippen molar-refractivity contribution in [3.05, 3.63) is 91.0 Å². The van der Waals surface area contributed by atoms with Gasteiger partial charge in [0, 0.05) is 31.3 Å². The minimum absolute atomic E-state index is 0.213. The van der Waals surface area contributed by atoms with Gasteiger partial charge in [0.05, 0.1) is 11.1 Å². The Morgan fingerprint density at radius 2 is 0.794 bits per heavy atom. The van der Waals surface area contributed by atoms with Gasteiger partial charge in [0.2, 0.25) is 5.75 Å². The summed E-state index contributed by atoms with van der Waals surface area (Å²) in [7, 11) is 17.8. The lowest BCUT2D eigenvalue weighted by atomic mass is 9.84. The van der Waals surface area contributed by atoms with E-state index < -0.39 is 114 Å². The molecule has 7 aromatic carbocycles. The second-order valence-corrected chi connectivity index (χ2v) is 15.3. The Morgan fingerprint density at radius 1 is 0.333 bits per heavy atom. The fraction of sp³-hybridized carbons (Fsp3) is 0. The van der Waals surface area contributed by atoms with Crippen LogP contribution < -0.4 is 16.4 Å². The summed E-state index contributed by atoms with van der Waals surface area (Å²) in [5.41, 5.74) is -1.23. The zero-order chi connectivity index (χ0) is 44.8. The van der Waals surface area contributed by atoms with Crippen LogP contribution in [0.15, 0.2) is 91.0 Å². The standard InChI is InChI=1S/C45H26B3N3O11S/c46-27-24(43-49-44(25-31(53)28(47)39(61)40(62)35(25)57)51-45(50-43)26-33(55)37(59)29(48)38(60)34(26)56)30(52)23(32(54)36(27)58)20-13-7-12-19-22-15-18(16-8-3-1-4-9-16)14-21(42(22)63-41(19)20)17-10-5-2-6-11-17/h1-15,52-62H. The molecular formula is C45H26B3N3O11S. The summed E-state index contributed by atoms with van der Waals surface area (Å²) in [5, 5.41) is 123. The Bertz CT molecular complexity index is 3260. The number of nitrogens with zero attached hydrogens (tertiary/aromatic N) is 3. The summed E-state index contributed by atoms with van der Waals surface area (Å²) < 4.78 is 1.42. The fourth-order valence-electron chi connectivity index (χ4n) is 7.51. The van der Waals surface area contributed by atoms with Gasteiger partial charge in [-0.05, 0) is 45.2 Å². The Hall–Kier alpha value is -8.24. The monoisotopic (exact) mass is 849 g/mol. The van der Waals surface area contributed by atoms with E-state index in [1.807, 2.05) is 72.8 Å². The van der Waals surface area contributed by atoms with E-state index in [1.165, 1.54) is 11.3 Å². The predicted molar refractivity (Wildman–Crippen MR) is 240 cm³/mol. The molecule has 63 heavy (non-hydrogen) atoms. The first-order valence-corrected chi connectivity index (χ1v) is 19.4. The lowest BCUT2D eigenvalue weighted by Gasteiger charge is -2.19. The van der Waals surface area contributed by atoms with E-state index in [4.69, 9.17) is 23.5 Å². The number of aromatic hydroxyl groups is 11. The van der Waals surface area contributed by atoms with Gasteiger partial charge >= 0.3 is 0 Å². The van der Waals surface area contributed by atoms with Crippen LogP contribution in [0.25, 0.3) is 87.7 Å². The highest BCUT2D eigenvalue weighted by atomic mass is 32.1. The number of thiophene rings is 1. The van der Waals surface area contributed by atoms with E-state index in [2.05, 4.69) is 21.0 Å². The third kappa shape index (κ3) is 6.09. The zero-order valence-electron chi connectivity index (χ0n) is 32.1. The molecule has 0 saturated carbocycles. The van der Waals surface area contributed by atoms with Gasteiger partial charge in [-0.1, -0.05) is 78.9 Å². The van der Waals surface area contributed by atoms with Crippen molar-refractivity contribution in [2.45, 2.75) is 0 Å². The van der Waals surface area contributed by atoms with Crippen molar-refractivity contribution < 1.29 is 56.2 Å². The lowest BCUT2D eigenvalue weighted by molar-refractivity contribution is 0.365. The second-order valence-electron chi connectivity index (χ2n) is 14.3.